The smallest absolute Gasteiger partial charge is 0.240 e. The molecule has 1 fully saturated rings. The SMILES string of the molecule is COc1ccc(S(=O)(=O)NC(C)CN2CCOCC2)cc1C. The fourth-order valence-electron chi connectivity index (χ4n) is 2.56. The Kier molecular flexibility index (Phi) is 5.80. The molecule has 1 aliphatic heterocycles. The maximum atomic E-state index is 12.4. The first kappa shape index (κ1) is 17.2. The molecule has 1 aromatic carbocycles. The molecule has 7 heteroatoms. The number of methoxy groups -OCH3 is 1. The summed E-state index contributed by atoms with van der Waals surface area (Å²) >= 11 is 0. The summed E-state index contributed by atoms with van der Waals surface area (Å²) in [6.45, 7) is 7.48. The van der Waals surface area contributed by atoms with Crippen molar-refractivity contribution in [3.8, 4) is 5.75 Å². The van der Waals surface area contributed by atoms with Gasteiger partial charge < -0.3 is 9.47 Å². The van der Waals surface area contributed by atoms with Crippen LogP contribution in [0.1, 0.15) is 12.5 Å². The number of rotatable bonds is 6. The van der Waals surface area contributed by atoms with E-state index in [4.69, 9.17) is 9.47 Å². The quantitative estimate of drug-likeness (QED) is 0.844. The van der Waals surface area contributed by atoms with Crippen molar-refractivity contribution in [3.05, 3.63) is 23.8 Å². The number of ether oxygens (including phenoxy) is 2. The van der Waals surface area contributed by atoms with Crippen LogP contribution in [0.25, 0.3) is 0 Å². The Labute approximate surface area is 132 Å². The molecule has 1 unspecified atom stereocenters. The molecule has 1 N–H and O–H groups in total. The summed E-state index contributed by atoms with van der Waals surface area (Å²) in [4.78, 5) is 2.47. The number of morpholine rings is 1. The Morgan fingerprint density at radius 2 is 2.05 bits per heavy atom. The molecule has 1 atom stereocenters. The fourth-order valence-corrected chi connectivity index (χ4v) is 3.88. The molecule has 0 saturated carbocycles. The summed E-state index contributed by atoms with van der Waals surface area (Å²) in [5.41, 5.74) is 0.797. The van der Waals surface area contributed by atoms with E-state index >= 15 is 0 Å². The highest BCUT2D eigenvalue weighted by molar-refractivity contribution is 7.89. The lowest BCUT2D eigenvalue weighted by Gasteiger charge is -2.29. The van der Waals surface area contributed by atoms with Crippen molar-refractivity contribution >= 4 is 10.0 Å². The van der Waals surface area contributed by atoms with Gasteiger partial charge in [-0.25, -0.2) is 13.1 Å². The molecule has 0 aromatic heterocycles. The van der Waals surface area contributed by atoms with Crippen molar-refractivity contribution in [1.29, 1.82) is 0 Å². The molecule has 2 rings (SSSR count). The van der Waals surface area contributed by atoms with E-state index in [1.54, 1.807) is 25.3 Å². The zero-order chi connectivity index (χ0) is 16.2. The van der Waals surface area contributed by atoms with E-state index in [0.29, 0.717) is 25.5 Å². The maximum Gasteiger partial charge on any atom is 0.240 e. The molecule has 0 aliphatic carbocycles. The van der Waals surface area contributed by atoms with E-state index < -0.39 is 10.0 Å². The normalized spacial score (nSPS) is 18.1. The molecule has 22 heavy (non-hydrogen) atoms. The van der Waals surface area contributed by atoms with Crippen molar-refractivity contribution < 1.29 is 17.9 Å². The van der Waals surface area contributed by atoms with Crippen molar-refractivity contribution in [3.63, 3.8) is 0 Å². The number of nitrogens with zero attached hydrogens (tertiary/aromatic N) is 1. The van der Waals surface area contributed by atoms with E-state index in [2.05, 4.69) is 9.62 Å². The van der Waals surface area contributed by atoms with Crippen LogP contribution in [0.2, 0.25) is 0 Å². The third kappa shape index (κ3) is 4.42. The average Bonchev–Trinajstić information content (AvgIpc) is 2.47. The lowest BCUT2D eigenvalue weighted by molar-refractivity contribution is 0.0354. The highest BCUT2D eigenvalue weighted by atomic mass is 32.2. The number of benzene rings is 1. The summed E-state index contributed by atoms with van der Waals surface area (Å²) in [5, 5.41) is 0. The molecule has 0 radical (unpaired) electrons. The molecule has 6 nitrogen and oxygen atoms in total. The molecule has 0 amide bonds. The van der Waals surface area contributed by atoms with Crippen molar-refractivity contribution in [2.75, 3.05) is 40.0 Å². The summed E-state index contributed by atoms with van der Waals surface area (Å²) < 4.78 is 38.1. The predicted molar refractivity (Wildman–Crippen MR) is 84.8 cm³/mol. The lowest BCUT2D eigenvalue weighted by atomic mass is 10.2. The van der Waals surface area contributed by atoms with Crippen LogP contribution in [-0.4, -0.2) is 59.3 Å². The minimum absolute atomic E-state index is 0.162. The van der Waals surface area contributed by atoms with Gasteiger partial charge in [-0.15, -0.1) is 0 Å². The molecule has 1 aliphatic rings. The van der Waals surface area contributed by atoms with Gasteiger partial charge in [-0.05, 0) is 37.6 Å². The Bertz CT molecular complexity index is 598. The summed E-state index contributed by atoms with van der Waals surface area (Å²) in [6, 6.07) is 4.71. The first-order valence-corrected chi connectivity index (χ1v) is 8.88. The Morgan fingerprint density at radius 3 is 2.64 bits per heavy atom. The molecule has 1 saturated heterocycles. The summed E-state index contributed by atoms with van der Waals surface area (Å²) in [6.07, 6.45) is 0. The van der Waals surface area contributed by atoms with Crippen LogP contribution in [0.5, 0.6) is 5.75 Å². The lowest BCUT2D eigenvalue weighted by Crippen LogP contribution is -2.45. The van der Waals surface area contributed by atoms with Crippen LogP contribution in [0.4, 0.5) is 0 Å². The molecule has 0 bridgehead atoms. The van der Waals surface area contributed by atoms with Gasteiger partial charge in [0, 0.05) is 25.7 Å². The third-order valence-electron chi connectivity index (χ3n) is 3.67. The van der Waals surface area contributed by atoms with Gasteiger partial charge >= 0.3 is 0 Å². The van der Waals surface area contributed by atoms with Crippen LogP contribution in [0, 0.1) is 6.92 Å². The number of sulfonamides is 1. The maximum absolute atomic E-state index is 12.4. The predicted octanol–water partition coefficient (Wildman–Crippen LogP) is 1.00. The fraction of sp³-hybridized carbons (Fsp3) is 0.600. The van der Waals surface area contributed by atoms with Crippen molar-refractivity contribution in [2.24, 2.45) is 0 Å². The first-order chi connectivity index (χ1) is 10.4. The molecular formula is C15H24N2O4S. The second-order valence-electron chi connectivity index (χ2n) is 5.57. The van der Waals surface area contributed by atoms with E-state index in [1.165, 1.54) is 0 Å². The highest BCUT2D eigenvalue weighted by Crippen LogP contribution is 2.21. The zero-order valence-corrected chi connectivity index (χ0v) is 14.1. The van der Waals surface area contributed by atoms with Gasteiger partial charge in [0.1, 0.15) is 5.75 Å². The van der Waals surface area contributed by atoms with Crippen molar-refractivity contribution in [1.82, 2.24) is 9.62 Å². The van der Waals surface area contributed by atoms with Crippen LogP contribution >= 0.6 is 0 Å². The second-order valence-corrected chi connectivity index (χ2v) is 7.28. The topological polar surface area (TPSA) is 67.9 Å². The minimum atomic E-state index is -3.52. The summed E-state index contributed by atoms with van der Waals surface area (Å²) in [7, 11) is -1.95. The largest absolute Gasteiger partial charge is 0.496 e. The van der Waals surface area contributed by atoms with Crippen LogP contribution in [-0.2, 0) is 14.8 Å². The molecule has 1 aromatic rings. The van der Waals surface area contributed by atoms with Gasteiger partial charge in [-0.2, -0.15) is 0 Å². The van der Waals surface area contributed by atoms with E-state index in [-0.39, 0.29) is 10.9 Å². The van der Waals surface area contributed by atoms with E-state index in [1.807, 2.05) is 13.8 Å². The number of hydrogen-bond acceptors (Lipinski definition) is 5. The first-order valence-electron chi connectivity index (χ1n) is 7.39. The van der Waals surface area contributed by atoms with Crippen LogP contribution in [0.15, 0.2) is 23.1 Å². The number of hydrogen-bond donors (Lipinski definition) is 1. The Balaban J connectivity index is 2.01. The molecule has 124 valence electrons. The molecule has 1 heterocycles. The number of aryl methyl sites for hydroxylation is 1. The van der Waals surface area contributed by atoms with Gasteiger partial charge in [-0.3, -0.25) is 4.90 Å². The van der Waals surface area contributed by atoms with Gasteiger partial charge in [0.2, 0.25) is 10.0 Å². The second kappa shape index (κ2) is 7.41. The third-order valence-corrected chi connectivity index (χ3v) is 5.26. The average molecular weight is 328 g/mol. The zero-order valence-electron chi connectivity index (χ0n) is 13.3. The Morgan fingerprint density at radius 1 is 1.36 bits per heavy atom. The van der Waals surface area contributed by atoms with Gasteiger partial charge in [0.15, 0.2) is 0 Å². The highest BCUT2D eigenvalue weighted by Gasteiger charge is 2.21. The van der Waals surface area contributed by atoms with Crippen LogP contribution < -0.4 is 9.46 Å². The van der Waals surface area contributed by atoms with Gasteiger partial charge in [0.05, 0.1) is 25.2 Å². The van der Waals surface area contributed by atoms with Crippen molar-refractivity contribution in [2.45, 2.75) is 24.8 Å². The van der Waals surface area contributed by atoms with Crippen LogP contribution in [0.3, 0.4) is 0 Å². The number of nitrogens with one attached hydrogen (secondary N) is 1. The van der Waals surface area contributed by atoms with Gasteiger partial charge in [-0.1, -0.05) is 0 Å². The molecular weight excluding hydrogens is 304 g/mol. The standard InChI is InChI=1S/C15H24N2O4S/c1-12-10-14(4-5-15(12)20-3)22(18,19)16-13(2)11-17-6-8-21-9-7-17/h4-5,10,13,16H,6-9,11H2,1-3H3. The van der Waals surface area contributed by atoms with E-state index in [9.17, 15) is 8.42 Å². The summed E-state index contributed by atoms with van der Waals surface area (Å²) in [5.74, 6) is 0.681. The van der Waals surface area contributed by atoms with Gasteiger partial charge in [0.25, 0.3) is 0 Å². The molecule has 0 spiro atoms. The van der Waals surface area contributed by atoms with E-state index in [0.717, 1.165) is 18.7 Å². The Hall–Kier alpha value is -1.15. The monoisotopic (exact) mass is 328 g/mol. The minimum Gasteiger partial charge on any atom is -0.496 e.